The fourth-order valence-electron chi connectivity index (χ4n) is 4.91. The third kappa shape index (κ3) is 3.71. The molecule has 0 saturated carbocycles. The Labute approximate surface area is 195 Å². The number of hydrogen-bond acceptors (Lipinski definition) is 3. The zero-order valence-electron chi connectivity index (χ0n) is 18.5. The first kappa shape index (κ1) is 21.4. The molecule has 0 bridgehead atoms. The molecule has 1 saturated heterocycles. The van der Waals surface area contributed by atoms with Gasteiger partial charge in [-0.25, -0.2) is 4.98 Å². The van der Waals surface area contributed by atoms with Crippen LogP contribution in [0, 0.1) is 0 Å². The minimum atomic E-state index is -2.27. The molecule has 2 heterocycles. The SMILES string of the molecule is COc1ccc(N2CCC([P+](c3ccccc3)(c3ccccc3)c3ccccc3)C2=O)cn1. The van der Waals surface area contributed by atoms with Crippen molar-refractivity contribution < 1.29 is 9.53 Å². The number of pyridine rings is 1. The second kappa shape index (κ2) is 9.17. The van der Waals surface area contributed by atoms with Crippen LogP contribution >= 0.6 is 7.26 Å². The maximum atomic E-state index is 14.1. The van der Waals surface area contributed by atoms with Crippen molar-refractivity contribution >= 4 is 34.8 Å². The molecule has 4 nitrogen and oxygen atoms in total. The van der Waals surface area contributed by atoms with Gasteiger partial charge in [-0.1, -0.05) is 54.6 Å². The number of hydrogen-bond donors (Lipinski definition) is 0. The van der Waals surface area contributed by atoms with Crippen LogP contribution in [0.1, 0.15) is 6.42 Å². The van der Waals surface area contributed by atoms with Crippen LogP contribution < -0.4 is 25.6 Å². The topological polar surface area (TPSA) is 42.4 Å². The van der Waals surface area contributed by atoms with Gasteiger partial charge >= 0.3 is 0 Å². The van der Waals surface area contributed by atoms with Crippen LogP contribution in [-0.2, 0) is 4.79 Å². The van der Waals surface area contributed by atoms with Gasteiger partial charge in [0.05, 0.1) is 19.0 Å². The van der Waals surface area contributed by atoms with Crippen molar-refractivity contribution in [1.82, 2.24) is 4.98 Å². The molecular weight excluding hydrogens is 427 g/mol. The van der Waals surface area contributed by atoms with E-state index in [0.29, 0.717) is 12.4 Å². The van der Waals surface area contributed by atoms with Crippen LogP contribution in [0.25, 0.3) is 0 Å². The predicted molar refractivity (Wildman–Crippen MR) is 137 cm³/mol. The van der Waals surface area contributed by atoms with Crippen LogP contribution in [-0.4, -0.2) is 30.2 Å². The summed E-state index contributed by atoms with van der Waals surface area (Å²) in [6, 6.07) is 35.5. The quantitative estimate of drug-likeness (QED) is 0.411. The molecule has 164 valence electrons. The van der Waals surface area contributed by atoms with Crippen LogP contribution in [0.2, 0.25) is 0 Å². The van der Waals surface area contributed by atoms with Crippen molar-refractivity contribution in [3.05, 3.63) is 109 Å². The minimum absolute atomic E-state index is 0.146. The number of anilines is 1. The van der Waals surface area contributed by atoms with Crippen LogP contribution in [0.15, 0.2) is 109 Å². The highest BCUT2D eigenvalue weighted by Gasteiger charge is 2.58. The molecule has 1 atom stereocenters. The Morgan fingerprint density at radius 1 is 0.788 bits per heavy atom. The van der Waals surface area contributed by atoms with E-state index in [1.54, 1.807) is 13.3 Å². The Morgan fingerprint density at radius 2 is 1.30 bits per heavy atom. The lowest BCUT2D eigenvalue weighted by Crippen LogP contribution is -2.42. The summed E-state index contributed by atoms with van der Waals surface area (Å²) in [5, 5.41) is 3.70. The number of aromatic nitrogens is 1. The number of benzene rings is 3. The van der Waals surface area contributed by atoms with Crippen molar-refractivity contribution in [1.29, 1.82) is 0 Å². The predicted octanol–water partition coefficient (Wildman–Crippen LogP) is 4.19. The molecule has 0 N–H and O–H groups in total. The molecule has 1 aliphatic rings. The Kier molecular flexibility index (Phi) is 5.93. The smallest absolute Gasteiger partial charge is 0.269 e. The first-order chi connectivity index (χ1) is 16.2. The molecule has 1 aromatic heterocycles. The molecule has 3 aromatic carbocycles. The summed E-state index contributed by atoms with van der Waals surface area (Å²) in [6.07, 6.45) is 2.52. The Morgan fingerprint density at radius 3 is 1.73 bits per heavy atom. The highest BCUT2D eigenvalue weighted by Crippen LogP contribution is 2.62. The minimum Gasteiger partial charge on any atom is -0.481 e. The second-order valence-electron chi connectivity index (χ2n) is 8.08. The number of methoxy groups -OCH3 is 1. The van der Waals surface area contributed by atoms with E-state index in [1.807, 2.05) is 35.2 Å². The zero-order valence-corrected chi connectivity index (χ0v) is 19.4. The number of amides is 1. The Bertz CT molecular complexity index is 1120. The summed E-state index contributed by atoms with van der Waals surface area (Å²) in [4.78, 5) is 20.3. The summed E-state index contributed by atoms with van der Waals surface area (Å²) < 4.78 is 5.20. The van der Waals surface area contributed by atoms with Gasteiger partial charge in [-0.15, -0.1) is 0 Å². The molecule has 0 aliphatic carbocycles. The van der Waals surface area contributed by atoms with Gasteiger partial charge in [0.2, 0.25) is 5.88 Å². The van der Waals surface area contributed by atoms with Crippen LogP contribution in [0.3, 0.4) is 0 Å². The molecular formula is C28H26N2O2P+. The largest absolute Gasteiger partial charge is 0.481 e. The Hall–Kier alpha value is -3.49. The average molecular weight is 454 g/mol. The van der Waals surface area contributed by atoms with Gasteiger partial charge in [0, 0.05) is 19.0 Å². The molecule has 33 heavy (non-hydrogen) atoms. The Balaban J connectivity index is 1.69. The number of carbonyl (C=O) groups is 1. The van der Waals surface area contributed by atoms with E-state index < -0.39 is 7.26 Å². The fraction of sp³-hybridized carbons (Fsp3) is 0.143. The molecule has 1 unspecified atom stereocenters. The lowest BCUT2D eigenvalue weighted by Gasteiger charge is -2.31. The summed E-state index contributed by atoms with van der Waals surface area (Å²) in [5.41, 5.74) is 0.669. The van der Waals surface area contributed by atoms with Crippen molar-refractivity contribution in [3.63, 3.8) is 0 Å². The van der Waals surface area contributed by atoms with Gasteiger partial charge in [0.15, 0.2) is 5.66 Å². The molecule has 4 aromatic rings. The van der Waals surface area contributed by atoms with Gasteiger partial charge in [-0.2, -0.15) is 0 Å². The highest BCUT2D eigenvalue weighted by molar-refractivity contribution is 7.97. The molecule has 1 fully saturated rings. The fourth-order valence-corrected chi connectivity index (χ4v) is 9.78. The second-order valence-corrected chi connectivity index (χ2v) is 11.7. The summed E-state index contributed by atoms with van der Waals surface area (Å²) in [7, 11) is -0.672. The third-order valence-electron chi connectivity index (χ3n) is 6.38. The number of nitrogens with zero attached hydrogens (tertiary/aromatic N) is 2. The van der Waals surface area contributed by atoms with Crippen molar-refractivity contribution in [2.75, 3.05) is 18.6 Å². The highest BCUT2D eigenvalue weighted by atomic mass is 31.2. The first-order valence-corrected chi connectivity index (χ1v) is 13.0. The maximum Gasteiger partial charge on any atom is 0.269 e. The number of ether oxygens (including phenoxy) is 1. The van der Waals surface area contributed by atoms with E-state index >= 15 is 0 Å². The molecule has 1 aliphatic heterocycles. The lowest BCUT2D eigenvalue weighted by molar-refractivity contribution is -0.116. The van der Waals surface area contributed by atoms with E-state index in [-0.39, 0.29) is 11.6 Å². The van der Waals surface area contributed by atoms with Gasteiger partial charge in [0.1, 0.15) is 23.2 Å². The first-order valence-electron chi connectivity index (χ1n) is 11.1. The van der Waals surface area contributed by atoms with Crippen molar-refractivity contribution in [3.8, 4) is 5.88 Å². The van der Waals surface area contributed by atoms with Crippen molar-refractivity contribution in [2.24, 2.45) is 0 Å². The van der Waals surface area contributed by atoms with Crippen molar-refractivity contribution in [2.45, 2.75) is 12.1 Å². The van der Waals surface area contributed by atoms with Gasteiger partial charge in [-0.05, 0) is 42.5 Å². The van der Waals surface area contributed by atoms with Crippen LogP contribution in [0.5, 0.6) is 5.88 Å². The van der Waals surface area contributed by atoms with Gasteiger partial charge < -0.3 is 9.64 Å². The molecule has 1 amide bonds. The standard InChI is InChI=1S/C28H26N2O2P/c1-32-27-18-17-22(21-29-27)30-20-19-26(28(30)31)33(23-11-5-2-6-12-23,24-13-7-3-8-14-24)25-15-9-4-10-16-25/h2-18,21,26H,19-20H2,1H3/q+1. The van der Waals surface area contributed by atoms with Crippen LogP contribution in [0.4, 0.5) is 5.69 Å². The molecule has 0 radical (unpaired) electrons. The number of carbonyl (C=O) groups excluding carboxylic acids is 1. The summed E-state index contributed by atoms with van der Waals surface area (Å²) >= 11 is 0. The normalized spacial score (nSPS) is 16.1. The van der Waals surface area contributed by atoms with E-state index in [0.717, 1.165) is 12.1 Å². The van der Waals surface area contributed by atoms with E-state index in [4.69, 9.17) is 4.74 Å². The monoisotopic (exact) mass is 453 g/mol. The number of rotatable bonds is 6. The molecule has 5 heteroatoms. The lowest BCUT2D eigenvalue weighted by atomic mass is 10.3. The zero-order chi connectivity index (χ0) is 22.7. The molecule has 5 rings (SSSR count). The van der Waals surface area contributed by atoms with Gasteiger partial charge in [0.25, 0.3) is 5.91 Å². The average Bonchev–Trinajstić information content (AvgIpc) is 3.28. The third-order valence-corrected chi connectivity index (χ3v) is 11.1. The van der Waals surface area contributed by atoms with E-state index in [1.165, 1.54) is 15.9 Å². The van der Waals surface area contributed by atoms with E-state index in [2.05, 4.69) is 77.8 Å². The van der Waals surface area contributed by atoms with E-state index in [9.17, 15) is 4.79 Å². The summed E-state index contributed by atoms with van der Waals surface area (Å²) in [6.45, 7) is 0.672. The summed E-state index contributed by atoms with van der Waals surface area (Å²) in [5.74, 6) is 0.702. The maximum absolute atomic E-state index is 14.1. The molecule has 0 spiro atoms. The van der Waals surface area contributed by atoms with Gasteiger partial charge in [-0.3, -0.25) is 4.79 Å².